The molecular weight excluding hydrogens is 224 g/mol. The molecule has 1 unspecified atom stereocenters. The van der Waals surface area contributed by atoms with E-state index in [-0.39, 0.29) is 11.7 Å². The molecule has 17 heavy (non-hydrogen) atoms. The molecule has 0 aliphatic carbocycles. The van der Waals surface area contributed by atoms with Crippen LogP contribution in [-0.2, 0) is 9.47 Å². The van der Waals surface area contributed by atoms with Crippen molar-refractivity contribution in [2.75, 3.05) is 13.7 Å². The van der Waals surface area contributed by atoms with Crippen LogP contribution in [0.4, 0.5) is 0 Å². The molecule has 92 valence electrons. The van der Waals surface area contributed by atoms with Crippen LogP contribution < -0.4 is 11.2 Å². The predicted molar refractivity (Wildman–Crippen MR) is 61.0 cm³/mol. The third-order valence-corrected chi connectivity index (χ3v) is 2.56. The molecule has 0 spiro atoms. The molecular formula is C11H14N2O4. The molecule has 0 aromatic carbocycles. The van der Waals surface area contributed by atoms with Crippen molar-refractivity contribution < 1.29 is 9.47 Å². The summed E-state index contributed by atoms with van der Waals surface area (Å²) >= 11 is 0. The minimum atomic E-state index is -0.488. The Kier molecular flexibility index (Phi) is 3.26. The van der Waals surface area contributed by atoms with Gasteiger partial charge in [0.15, 0.2) is 6.23 Å². The number of rotatable bonds is 3. The molecule has 0 fully saturated rings. The average molecular weight is 238 g/mol. The van der Waals surface area contributed by atoms with E-state index in [1.54, 1.807) is 20.1 Å². The van der Waals surface area contributed by atoms with Crippen molar-refractivity contribution in [2.45, 2.75) is 19.3 Å². The van der Waals surface area contributed by atoms with Crippen LogP contribution in [0.2, 0.25) is 0 Å². The largest absolute Gasteiger partial charge is 0.382 e. The Balaban J connectivity index is 2.26. The fraction of sp³-hybridized carbons (Fsp3) is 0.455. The summed E-state index contributed by atoms with van der Waals surface area (Å²) in [6, 6.07) is 0. The Hall–Kier alpha value is -1.66. The van der Waals surface area contributed by atoms with E-state index >= 15 is 0 Å². The first kappa shape index (κ1) is 11.8. The molecule has 6 nitrogen and oxygen atoms in total. The van der Waals surface area contributed by atoms with Crippen molar-refractivity contribution in [3.63, 3.8) is 0 Å². The molecule has 1 aromatic rings. The second-order valence-corrected chi connectivity index (χ2v) is 3.88. The molecule has 0 radical (unpaired) electrons. The second-order valence-electron chi connectivity index (χ2n) is 3.88. The molecule has 0 saturated heterocycles. The van der Waals surface area contributed by atoms with Gasteiger partial charge in [0.1, 0.15) is 6.10 Å². The Morgan fingerprint density at radius 1 is 1.47 bits per heavy atom. The lowest BCUT2D eigenvalue weighted by atomic mass is 10.3. The third-order valence-electron chi connectivity index (χ3n) is 2.56. The summed E-state index contributed by atoms with van der Waals surface area (Å²) in [6.45, 7) is 2.07. The van der Waals surface area contributed by atoms with Crippen LogP contribution in [0.25, 0.3) is 0 Å². The van der Waals surface area contributed by atoms with Crippen LogP contribution in [0.5, 0.6) is 0 Å². The van der Waals surface area contributed by atoms with Crippen LogP contribution in [0.15, 0.2) is 27.9 Å². The van der Waals surface area contributed by atoms with E-state index in [2.05, 4.69) is 4.98 Å². The Morgan fingerprint density at radius 2 is 2.24 bits per heavy atom. The van der Waals surface area contributed by atoms with Crippen LogP contribution >= 0.6 is 0 Å². The number of aromatic amines is 1. The summed E-state index contributed by atoms with van der Waals surface area (Å²) in [5, 5.41) is 0. The average Bonchev–Trinajstić information content (AvgIpc) is 2.72. The van der Waals surface area contributed by atoms with E-state index in [0.717, 1.165) is 0 Å². The normalized spacial score (nSPS) is 23.2. The number of methoxy groups -OCH3 is 1. The number of hydrogen-bond donors (Lipinski definition) is 1. The standard InChI is InChI=1S/C11H14N2O4/c1-7-5-13(11(15)12-10(7)14)9-4-3-8(17-9)6-16-2/h3-5,8-9H,6H2,1-2H3,(H,12,14,15)/t8-,9?/m0/s1. The van der Waals surface area contributed by atoms with Crippen molar-refractivity contribution in [1.82, 2.24) is 9.55 Å². The summed E-state index contributed by atoms with van der Waals surface area (Å²) in [6.07, 6.45) is 4.44. The molecule has 2 atom stereocenters. The molecule has 1 aliphatic rings. The van der Waals surface area contributed by atoms with Gasteiger partial charge in [0.25, 0.3) is 5.56 Å². The zero-order chi connectivity index (χ0) is 12.4. The maximum Gasteiger partial charge on any atom is 0.330 e. The Morgan fingerprint density at radius 3 is 2.94 bits per heavy atom. The lowest BCUT2D eigenvalue weighted by molar-refractivity contribution is -0.0202. The first-order valence-electron chi connectivity index (χ1n) is 5.26. The number of hydrogen-bond acceptors (Lipinski definition) is 4. The highest BCUT2D eigenvalue weighted by Gasteiger charge is 2.21. The van der Waals surface area contributed by atoms with E-state index in [1.165, 1.54) is 10.8 Å². The van der Waals surface area contributed by atoms with Crippen LogP contribution in [-0.4, -0.2) is 29.4 Å². The second kappa shape index (κ2) is 4.68. The van der Waals surface area contributed by atoms with Crippen LogP contribution in [0.1, 0.15) is 11.8 Å². The molecule has 0 bridgehead atoms. The van der Waals surface area contributed by atoms with Crippen molar-refractivity contribution in [1.29, 1.82) is 0 Å². The minimum Gasteiger partial charge on any atom is -0.382 e. The Bertz CT molecular complexity index is 543. The highest BCUT2D eigenvalue weighted by atomic mass is 16.5. The van der Waals surface area contributed by atoms with Gasteiger partial charge in [-0.15, -0.1) is 0 Å². The monoisotopic (exact) mass is 238 g/mol. The molecule has 6 heteroatoms. The summed E-state index contributed by atoms with van der Waals surface area (Å²) in [7, 11) is 1.58. The molecule has 1 aliphatic heterocycles. The van der Waals surface area contributed by atoms with Gasteiger partial charge in [-0.25, -0.2) is 4.79 Å². The summed E-state index contributed by atoms with van der Waals surface area (Å²) in [5.74, 6) is 0. The molecule has 0 amide bonds. The molecule has 0 saturated carbocycles. The van der Waals surface area contributed by atoms with Gasteiger partial charge in [-0.2, -0.15) is 0 Å². The summed E-state index contributed by atoms with van der Waals surface area (Å²) in [4.78, 5) is 25.1. The van der Waals surface area contributed by atoms with Gasteiger partial charge in [-0.3, -0.25) is 14.3 Å². The Labute approximate surface area is 97.5 Å². The van der Waals surface area contributed by atoms with Gasteiger partial charge in [0.2, 0.25) is 0 Å². The highest BCUT2D eigenvalue weighted by molar-refractivity contribution is 5.06. The topological polar surface area (TPSA) is 73.3 Å². The van der Waals surface area contributed by atoms with Gasteiger partial charge in [-0.05, 0) is 13.0 Å². The first-order chi connectivity index (χ1) is 8.11. The number of nitrogens with zero attached hydrogens (tertiary/aromatic N) is 1. The minimum absolute atomic E-state index is 0.163. The van der Waals surface area contributed by atoms with Gasteiger partial charge < -0.3 is 9.47 Å². The fourth-order valence-corrected chi connectivity index (χ4v) is 1.68. The smallest absolute Gasteiger partial charge is 0.330 e. The number of ether oxygens (including phenoxy) is 2. The molecule has 2 rings (SSSR count). The van der Waals surface area contributed by atoms with E-state index < -0.39 is 11.9 Å². The van der Waals surface area contributed by atoms with Crippen molar-refractivity contribution in [3.05, 3.63) is 44.8 Å². The third kappa shape index (κ3) is 2.37. The molecule has 2 heterocycles. The van der Waals surface area contributed by atoms with Gasteiger partial charge in [0, 0.05) is 18.9 Å². The highest BCUT2D eigenvalue weighted by Crippen LogP contribution is 2.19. The maximum absolute atomic E-state index is 11.6. The quantitative estimate of drug-likeness (QED) is 0.749. The number of aromatic nitrogens is 2. The summed E-state index contributed by atoms with van der Waals surface area (Å²) < 4.78 is 11.9. The number of aryl methyl sites for hydroxylation is 1. The lowest BCUT2D eigenvalue weighted by Crippen LogP contribution is -2.33. The van der Waals surface area contributed by atoms with Gasteiger partial charge in [-0.1, -0.05) is 6.08 Å². The van der Waals surface area contributed by atoms with E-state index in [1.807, 2.05) is 6.08 Å². The first-order valence-corrected chi connectivity index (χ1v) is 5.26. The molecule has 1 aromatic heterocycles. The van der Waals surface area contributed by atoms with Gasteiger partial charge >= 0.3 is 5.69 Å². The fourth-order valence-electron chi connectivity index (χ4n) is 1.68. The summed E-state index contributed by atoms with van der Waals surface area (Å²) in [5.41, 5.74) is -0.383. The maximum atomic E-state index is 11.6. The van der Waals surface area contributed by atoms with E-state index in [9.17, 15) is 9.59 Å². The van der Waals surface area contributed by atoms with Crippen LogP contribution in [0.3, 0.4) is 0 Å². The number of nitrogens with one attached hydrogen (secondary N) is 1. The van der Waals surface area contributed by atoms with Crippen LogP contribution in [0, 0.1) is 6.92 Å². The van der Waals surface area contributed by atoms with Crippen molar-refractivity contribution in [2.24, 2.45) is 0 Å². The van der Waals surface area contributed by atoms with Crippen molar-refractivity contribution >= 4 is 0 Å². The molecule has 1 N–H and O–H groups in total. The number of H-pyrrole nitrogens is 1. The predicted octanol–water partition coefficient (Wildman–Crippen LogP) is -0.0550. The lowest BCUT2D eigenvalue weighted by Gasteiger charge is -2.15. The zero-order valence-corrected chi connectivity index (χ0v) is 9.67. The van der Waals surface area contributed by atoms with E-state index in [0.29, 0.717) is 12.2 Å². The van der Waals surface area contributed by atoms with Crippen molar-refractivity contribution in [3.8, 4) is 0 Å². The SMILES string of the molecule is COC[C@@H]1C=CC(n2cc(C)c(=O)[nH]c2=O)O1. The van der Waals surface area contributed by atoms with Gasteiger partial charge in [0.05, 0.1) is 6.61 Å². The zero-order valence-electron chi connectivity index (χ0n) is 9.67. The van der Waals surface area contributed by atoms with E-state index in [4.69, 9.17) is 9.47 Å².